The number of aliphatic hydroxyl groups is 1. The molecule has 0 rings (SSSR count). The van der Waals surface area contributed by atoms with Gasteiger partial charge in [-0.25, -0.2) is 0 Å². The van der Waals surface area contributed by atoms with Crippen molar-refractivity contribution in [2.45, 2.75) is 302 Å². The third-order valence-corrected chi connectivity index (χ3v) is 15.3. The number of carbonyl (C=O) groups is 1. The van der Waals surface area contributed by atoms with Gasteiger partial charge in [0.2, 0.25) is 5.91 Å². The highest BCUT2D eigenvalue weighted by atomic mass is 31.2. The maximum absolute atomic E-state index is 13.0. The summed E-state index contributed by atoms with van der Waals surface area (Å²) in [6.07, 6.45) is 82.6. The molecule has 0 aromatic carbocycles. The van der Waals surface area contributed by atoms with Gasteiger partial charge in [-0.1, -0.05) is 285 Å². The molecule has 9 heteroatoms. The number of hydrogen-bond acceptors (Lipinski definition) is 6. The monoisotopic (exact) mass is 1100 g/mol. The first kappa shape index (κ1) is 74.7. The molecule has 0 aliphatic heterocycles. The van der Waals surface area contributed by atoms with Crippen molar-refractivity contribution in [2.24, 2.45) is 0 Å². The molecule has 77 heavy (non-hydrogen) atoms. The molecule has 448 valence electrons. The van der Waals surface area contributed by atoms with E-state index in [1.807, 2.05) is 27.2 Å². The number of allylic oxidation sites excluding steroid dienone is 13. The zero-order valence-corrected chi connectivity index (χ0v) is 52.0. The van der Waals surface area contributed by atoms with Crippen LogP contribution in [-0.4, -0.2) is 68.5 Å². The molecule has 1 amide bonds. The zero-order chi connectivity index (χ0) is 56.3. The SMILES string of the molecule is CC/C=C\C/C=C\C/C=C\C/C=C\CCCCCCCCCCCCCCC(=O)NC(COP(=O)([O-])OCC[N+](C)(C)C)C(O)/C=C/CC/C=C/CC/C=C/CCCCCCCCCCCCCCCCCCCCCC. The van der Waals surface area contributed by atoms with Crippen molar-refractivity contribution in [3.63, 3.8) is 0 Å². The minimum absolute atomic E-state index is 0.0125. The summed E-state index contributed by atoms with van der Waals surface area (Å²) >= 11 is 0. The Balaban J connectivity index is 4.20. The van der Waals surface area contributed by atoms with Crippen molar-refractivity contribution in [3.05, 3.63) is 85.1 Å². The van der Waals surface area contributed by atoms with Crippen LogP contribution >= 0.6 is 7.82 Å². The summed E-state index contributed by atoms with van der Waals surface area (Å²) in [5, 5.41) is 13.9. The third-order valence-electron chi connectivity index (χ3n) is 14.3. The van der Waals surface area contributed by atoms with E-state index < -0.39 is 26.6 Å². The molecule has 3 atom stereocenters. The maximum Gasteiger partial charge on any atom is 0.268 e. The lowest BCUT2D eigenvalue weighted by Crippen LogP contribution is -2.45. The van der Waals surface area contributed by atoms with Gasteiger partial charge in [0, 0.05) is 6.42 Å². The predicted molar refractivity (Wildman–Crippen MR) is 334 cm³/mol. The molecule has 0 radical (unpaired) electrons. The standard InChI is InChI=1S/C68H125N2O6P/c1-6-8-10-12-14-16-18-20-22-24-26-28-30-32-33-34-35-36-38-39-41-43-45-47-49-51-53-55-57-59-61-67(71)66(65-76-77(73,74)75-64-63-70(3,4)5)69-68(72)62-60-58-56-54-52-50-48-46-44-42-40-37-31-29-27-25-23-21-19-17-15-13-11-9-7-2/h9,11,15,17,21,23,27,29,43,45,51,53,59,61,66-67,71H,6-8,10,12-14,16,18-20,22,24-26,28,30-42,44,46-50,52,54-58,60,62-65H2,1-5H3,(H-,69,72,73,74)/b11-9-,17-15-,23-21-,29-27-,45-43+,53-51+,61-59+. The van der Waals surface area contributed by atoms with Crippen molar-refractivity contribution in [1.82, 2.24) is 5.32 Å². The number of quaternary nitrogens is 1. The van der Waals surface area contributed by atoms with Crippen LogP contribution in [0.3, 0.4) is 0 Å². The molecule has 2 N–H and O–H groups in total. The van der Waals surface area contributed by atoms with Gasteiger partial charge >= 0.3 is 0 Å². The second-order valence-corrected chi connectivity index (χ2v) is 24.5. The summed E-state index contributed by atoms with van der Waals surface area (Å²) < 4.78 is 23.4. The van der Waals surface area contributed by atoms with E-state index in [1.54, 1.807) is 6.08 Å². The van der Waals surface area contributed by atoms with E-state index >= 15 is 0 Å². The molecule has 0 aromatic rings. The Hall–Kier alpha value is -2.32. The number of carbonyl (C=O) groups excluding carboxylic acids is 1. The molecule has 0 saturated heterocycles. The first-order valence-corrected chi connectivity index (χ1v) is 33.9. The van der Waals surface area contributed by atoms with Gasteiger partial charge in [0.05, 0.1) is 39.9 Å². The molecule has 0 heterocycles. The fourth-order valence-corrected chi connectivity index (χ4v) is 10.0. The van der Waals surface area contributed by atoms with Crippen molar-refractivity contribution in [1.29, 1.82) is 0 Å². The van der Waals surface area contributed by atoms with Gasteiger partial charge in [-0.2, -0.15) is 0 Å². The quantitative estimate of drug-likeness (QED) is 0.0272. The van der Waals surface area contributed by atoms with E-state index in [2.05, 4.69) is 92.1 Å². The molecule has 0 aliphatic carbocycles. The fourth-order valence-electron chi connectivity index (χ4n) is 9.30. The molecule has 3 unspecified atom stereocenters. The fraction of sp³-hybridized carbons (Fsp3) is 0.779. The van der Waals surface area contributed by atoms with E-state index in [0.717, 1.165) is 70.6 Å². The van der Waals surface area contributed by atoms with E-state index in [0.29, 0.717) is 17.4 Å². The molecular formula is C68H125N2O6P. The lowest BCUT2D eigenvalue weighted by molar-refractivity contribution is -0.870. The summed E-state index contributed by atoms with van der Waals surface area (Å²) in [6.45, 7) is 4.53. The van der Waals surface area contributed by atoms with Crippen LogP contribution in [0.15, 0.2) is 85.1 Å². The smallest absolute Gasteiger partial charge is 0.268 e. The summed E-state index contributed by atoms with van der Waals surface area (Å²) in [6, 6.07) is -0.917. The summed E-state index contributed by atoms with van der Waals surface area (Å²) in [5.74, 6) is -0.214. The number of likely N-dealkylation sites (N-methyl/N-ethyl adjacent to an activating group) is 1. The Morgan fingerprint density at radius 1 is 0.468 bits per heavy atom. The minimum atomic E-state index is -4.62. The highest BCUT2D eigenvalue weighted by Crippen LogP contribution is 2.38. The van der Waals surface area contributed by atoms with Crippen LogP contribution in [0.1, 0.15) is 290 Å². The number of phosphoric ester groups is 1. The van der Waals surface area contributed by atoms with Gasteiger partial charge in [0.25, 0.3) is 7.82 Å². The lowest BCUT2D eigenvalue weighted by atomic mass is 10.0. The summed E-state index contributed by atoms with van der Waals surface area (Å²) in [7, 11) is 1.23. The Bertz CT molecular complexity index is 1530. The number of hydrogen-bond donors (Lipinski definition) is 2. The molecule has 0 fully saturated rings. The van der Waals surface area contributed by atoms with E-state index in [9.17, 15) is 19.4 Å². The van der Waals surface area contributed by atoms with Crippen LogP contribution in [-0.2, 0) is 18.4 Å². The molecule has 0 aliphatic rings. The van der Waals surface area contributed by atoms with Crippen LogP contribution in [0, 0.1) is 0 Å². The van der Waals surface area contributed by atoms with Gasteiger partial charge in [-0.15, -0.1) is 0 Å². The largest absolute Gasteiger partial charge is 0.756 e. The maximum atomic E-state index is 13.0. The molecule has 0 spiro atoms. The van der Waals surface area contributed by atoms with E-state index in [4.69, 9.17) is 9.05 Å². The molecular weight excluding hydrogens is 972 g/mol. The van der Waals surface area contributed by atoms with Gasteiger partial charge in [0.15, 0.2) is 0 Å². The van der Waals surface area contributed by atoms with Crippen molar-refractivity contribution < 1.29 is 32.9 Å². The van der Waals surface area contributed by atoms with Gasteiger partial charge in [0.1, 0.15) is 13.2 Å². The van der Waals surface area contributed by atoms with Gasteiger partial charge < -0.3 is 28.8 Å². The topological polar surface area (TPSA) is 108 Å². The Morgan fingerprint density at radius 2 is 0.805 bits per heavy atom. The predicted octanol–water partition coefficient (Wildman–Crippen LogP) is 19.7. The first-order chi connectivity index (χ1) is 37.5. The van der Waals surface area contributed by atoms with Crippen LogP contribution < -0.4 is 10.2 Å². The number of amides is 1. The number of nitrogens with one attached hydrogen (secondary N) is 1. The van der Waals surface area contributed by atoms with Crippen LogP contribution in [0.4, 0.5) is 0 Å². The molecule has 0 aromatic heterocycles. The molecule has 8 nitrogen and oxygen atoms in total. The second-order valence-electron chi connectivity index (χ2n) is 23.1. The zero-order valence-electron chi connectivity index (χ0n) is 51.1. The number of aliphatic hydroxyl groups excluding tert-OH is 1. The van der Waals surface area contributed by atoms with Crippen molar-refractivity contribution in [2.75, 3.05) is 40.9 Å². The van der Waals surface area contributed by atoms with Crippen LogP contribution in [0.2, 0.25) is 0 Å². The summed E-state index contributed by atoms with van der Waals surface area (Å²) in [4.78, 5) is 25.6. The Labute approximate surface area is 477 Å². The average molecular weight is 1100 g/mol. The van der Waals surface area contributed by atoms with Crippen molar-refractivity contribution in [3.8, 4) is 0 Å². The van der Waals surface area contributed by atoms with Crippen LogP contribution in [0.5, 0.6) is 0 Å². The van der Waals surface area contributed by atoms with Gasteiger partial charge in [-0.05, 0) is 83.5 Å². The summed E-state index contributed by atoms with van der Waals surface area (Å²) in [5.41, 5.74) is 0. The number of nitrogens with zero attached hydrogens (tertiary/aromatic N) is 1. The Morgan fingerprint density at radius 3 is 1.21 bits per heavy atom. The highest BCUT2D eigenvalue weighted by Gasteiger charge is 2.23. The highest BCUT2D eigenvalue weighted by molar-refractivity contribution is 7.45. The Kier molecular flexibility index (Phi) is 56.6. The van der Waals surface area contributed by atoms with Crippen molar-refractivity contribution >= 4 is 13.7 Å². The average Bonchev–Trinajstić information content (AvgIpc) is 3.39. The number of phosphoric acid groups is 1. The molecule has 0 bridgehead atoms. The second kappa shape index (κ2) is 58.3. The molecule has 0 saturated carbocycles. The lowest BCUT2D eigenvalue weighted by Gasteiger charge is -2.29. The van der Waals surface area contributed by atoms with E-state index in [1.165, 1.54) is 199 Å². The van der Waals surface area contributed by atoms with Crippen LogP contribution in [0.25, 0.3) is 0 Å². The van der Waals surface area contributed by atoms with Gasteiger partial charge in [-0.3, -0.25) is 9.36 Å². The normalized spacial score (nSPS) is 14.3. The van der Waals surface area contributed by atoms with E-state index in [-0.39, 0.29) is 12.5 Å². The number of rotatable bonds is 59. The first-order valence-electron chi connectivity index (χ1n) is 32.4. The third kappa shape index (κ3) is 61.2. The minimum Gasteiger partial charge on any atom is -0.756 e. The number of unbranched alkanes of at least 4 members (excludes halogenated alkanes) is 34.